The van der Waals surface area contributed by atoms with Crippen LogP contribution in [0, 0.1) is 6.92 Å². The maximum Gasteiger partial charge on any atom is 0.134 e. The van der Waals surface area contributed by atoms with E-state index in [2.05, 4.69) is 6.92 Å². The first-order valence-electron chi connectivity index (χ1n) is 6.23. The molecule has 1 heterocycles. The minimum atomic E-state index is -0.168. The Morgan fingerprint density at radius 1 is 1.29 bits per heavy atom. The summed E-state index contributed by atoms with van der Waals surface area (Å²) in [6, 6.07) is 3.82. The Morgan fingerprint density at radius 2 is 2.12 bits per heavy atom. The van der Waals surface area contributed by atoms with Gasteiger partial charge in [0.15, 0.2) is 0 Å². The molecule has 1 aromatic heterocycles. The maximum absolute atomic E-state index is 5.65. The number of hydrogen-bond donors (Lipinski definition) is 1. The van der Waals surface area contributed by atoms with Gasteiger partial charge in [-0.25, -0.2) is 0 Å². The molecule has 2 N–H and O–H groups in total. The highest BCUT2D eigenvalue weighted by molar-refractivity contribution is 5.08. The molecule has 1 unspecified atom stereocenters. The van der Waals surface area contributed by atoms with Crippen LogP contribution < -0.4 is 5.73 Å². The molecule has 0 fully saturated rings. The Hall–Kier alpha value is -0.840. The summed E-state index contributed by atoms with van der Waals surface area (Å²) in [6.07, 6.45) is 2.08. The van der Waals surface area contributed by atoms with Gasteiger partial charge in [-0.15, -0.1) is 0 Å². The summed E-state index contributed by atoms with van der Waals surface area (Å²) in [6.45, 7) is 6.42. The largest absolute Gasteiger partial charge is 0.464 e. The van der Waals surface area contributed by atoms with E-state index in [-0.39, 0.29) is 6.10 Å². The minimum Gasteiger partial charge on any atom is -0.464 e. The monoisotopic (exact) mass is 241 g/mol. The minimum absolute atomic E-state index is 0.168. The van der Waals surface area contributed by atoms with Crippen molar-refractivity contribution in [1.82, 2.24) is 0 Å². The third-order valence-corrected chi connectivity index (χ3v) is 2.48. The van der Waals surface area contributed by atoms with Crippen molar-refractivity contribution in [2.24, 2.45) is 5.73 Å². The summed E-state index contributed by atoms with van der Waals surface area (Å²) < 4.78 is 16.5. The first-order chi connectivity index (χ1) is 8.27. The van der Waals surface area contributed by atoms with E-state index in [9.17, 15) is 0 Å². The summed E-state index contributed by atoms with van der Waals surface area (Å²) in [5, 5.41) is 0. The summed E-state index contributed by atoms with van der Waals surface area (Å²) in [5.74, 6) is 1.67. The van der Waals surface area contributed by atoms with E-state index in [1.54, 1.807) is 0 Å². The van der Waals surface area contributed by atoms with Crippen molar-refractivity contribution < 1.29 is 13.9 Å². The highest BCUT2D eigenvalue weighted by Crippen LogP contribution is 2.18. The van der Waals surface area contributed by atoms with Crippen LogP contribution in [0.15, 0.2) is 16.5 Å². The lowest BCUT2D eigenvalue weighted by atomic mass is 10.3. The van der Waals surface area contributed by atoms with Gasteiger partial charge in [-0.2, -0.15) is 0 Å². The molecular weight excluding hydrogens is 218 g/mol. The molecule has 0 bridgehead atoms. The second kappa shape index (κ2) is 8.28. The summed E-state index contributed by atoms with van der Waals surface area (Å²) in [7, 11) is 0. The van der Waals surface area contributed by atoms with E-state index < -0.39 is 0 Å². The van der Waals surface area contributed by atoms with Gasteiger partial charge in [0.25, 0.3) is 0 Å². The molecule has 1 atom stereocenters. The molecule has 0 aliphatic rings. The zero-order chi connectivity index (χ0) is 12.5. The molecule has 0 aliphatic heterocycles. The lowest BCUT2D eigenvalue weighted by Gasteiger charge is -2.13. The van der Waals surface area contributed by atoms with Gasteiger partial charge >= 0.3 is 0 Å². The lowest BCUT2D eigenvalue weighted by Crippen LogP contribution is -2.17. The Bertz CT molecular complexity index is 299. The zero-order valence-corrected chi connectivity index (χ0v) is 10.8. The van der Waals surface area contributed by atoms with Gasteiger partial charge in [0.2, 0.25) is 0 Å². The van der Waals surface area contributed by atoms with Crippen molar-refractivity contribution in [3.8, 4) is 0 Å². The van der Waals surface area contributed by atoms with Crippen LogP contribution in [0.3, 0.4) is 0 Å². The van der Waals surface area contributed by atoms with E-state index in [4.69, 9.17) is 19.6 Å². The Kier molecular flexibility index (Phi) is 6.93. The normalized spacial score (nSPS) is 12.9. The zero-order valence-electron chi connectivity index (χ0n) is 10.8. The first kappa shape index (κ1) is 14.2. The SMILES string of the molecule is CCCCOCCOC(CN)c1ccc(C)o1. The van der Waals surface area contributed by atoms with Gasteiger partial charge in [0.05, 0.1) is 13.2 Å². The van der Waals surface area contributed by atoms with E-state index >= 15 is 0 Å². The van der Waals surface area contributed by atoms with Crippen LogP contribution in [-0.2, 0) is 9.47 Å². The van der Waals surface area contributed by atoms with Gasteiger partial charge in [0, 0.05) is 13.2 Å². The van der Waals surface area contributed by atoms with Crippen LogP contribution in [0.25, 0.3) is 0 Å². The summed E-state index contributed by atoms with van der Waals surface area (Å²) in [4.78, 5) is 0. The maximum atomic E-state index is 5.65. The van der Waals surface area contributed by atoms with Gasteiger partial charge in [-0.05, 0) is 25.5 Å². The van der Waals surface area contributed by atoms with Crippen LogP contribution in [0.2, 0.25) is 0 Å². The third-order valence-electron chi connectivity index (χ3n) is 2.48. The second-order valence-electron chi connectivity index (χ2n) is 4.01. The lowest BCUT2D eigenvalue weighted by molar-refractivity contribution is -0.00170. The average molecular weight is 241 g/mol. The van der Waals surface area contributed by atoms with Crippen molar-refractivity contribution in [2.45, 2.75) is 32.8 Å². The standard InChI is InChI=1S/C13H23NO3/c1-3-4-7-15-8-9-16-13(10-14)12-6-5-11(2)17-12/h5-6,13H,3-4,7-10,14H2,1-2H3. The molecule has 0 radical (unpaired) electrons. The topological polar surface area (TPSA) is 57.6 Å². The number of unbranched alkanes of at least 4 members (excludes halogenated alkanes) is 1. The number of nitrogens with two attached hydrogens (primary N) is 1. The molecule has 1 aromatic rings. The molecular formula is C13H23NO3. The second-order valence-corrected chi connectivity index (χ2v) is 4.01. The van der Waals surface area contributed by atoms with Crippen LogP contribution >= 0.6 is 0 Å². The molecule has 0 spiro atoms. The average Bonchev–Trinajstić information content (AvgIpc) is 2.75. The quantitative estimate of drug-likeness (QED) is 0.674. The van der Waals surface area contributed by atoms with Crippen LogP contribution in [0.1, 0.15) is 37.4 Å². The van der Waals surface area contributed by atoms with Gasteiger partial charge in [-0.3, -0.25) is 0 Å². The number of rotatable bonds is 9. The Morgan fingerprint density at radius 3 is 2.71 bits per heavy atom. The van der Waals surface area contributed by atoms with Crippen molar-refractivity contribution in [1.29, 1.82) is 0 Å². The van der Waals surface area contributed by atoms with E-state index in [1.165, 1.54) is 0 Å². The Balaban J connectivity index is 2.19. The molecule has 0 aliphatic carbocycles. The molecule has 0 saturated carbocycles. The van der Waals surface area contributed by atoms with Gasteiger partial charge in [-0.1, -0.05) is 13.3 Å². The highest BCUT2D eigenvalue weighted by atomic mass is 16.5. The molecule has 17 heavy (non-hydrogen) atoms. The highest BCUT2D eigenvalue weighted by Gasteiger charge is 2.13. The van der Waals surface area contributed by atoms with Crippen LogP contribution in [0.4, 0.5) is 0 Å². The van der Waals surface area contributed by atoms with Crippen molar-refractivity contribution >= 4 is 0 Å². The summed E-state index contributed by atoms with van der Waals surface area (Å²) >= 11 is 0. The first-order valence-corrected chi connectivity index (χ1v) is 6.23. The Labute approximate surface area is 103 Å². The molecule has 0 amide bonds. The molecule has 1 rings (SSSR count). The van der Waals surface area contributed by atoms with Crippen LogP contribution in [0.5, 0.6) is 0 Å². The van der Waals surface area contributed by atoms with Crippen LogP contribution in [-0.4, -0.2) is 26.4 Å². The number of aryl methyl sites for hydroxylation is 1. The molecule has 4 nitrogen and oxygen atoms in total. The van der Waals surface area contributed by atoms with E-state index in [0.717, 1.165) is 31.0 Å². The summed E-state index contributed by atoms with van der Waals surface area (Å²) in [5.41, 5.74) is 5.65. The third kappa shape index (κ3) is 5.35. The molecule has 0 saturated heterocycles. The van der Waals surface area contributed by atoms with Gasteiger partial charge < -0.3 is 19.6 Å². The fraction of sp³-hybridized carbons (Fsp3) is 0.692. The van der Waals surface area contributed by atoms with Crippen molar-refractivity contribution in [3.05, 3.63) is 23.7 Å². The fourth-order valence-electron chi connectivity index (χ4n) is 1.49. The number of hydrogen-bond acceptors (Lipinski definition) is 4. The molecule has 98 valence electrons. The van der Waals surface area contributed by atoms with Gasteiger partial charge in [0.1, 0.15) is 17.6 Å². The predicted molar refractivity (Wildman–Crippen MR) is 66.9 cm³/mol. The number of ether oxygens (including phenoxy) is 2. The van der Waals surface area contributed by atoms with E-state index in [0.29, 0.717) is 19.8 Å². The van der Waals surface area contributed by atoms with Crippen molar-refractivity contribution in [3.63, 3.8) is 0 Å². The van der Waals surface area contributed by atoms with E-state index in [1.807, 2.05) is 19.1 Å². The fourth-order valence-corrected chi connectivity index (χ4v) is 1.49. The number of furan rings is 1. The molecule has 4 heteroatoms. The molecule has 0 aromatic carbocycles. The smallest absolute Gasteiger partial charge is 0.134 e. The van der Waals surface area contributed by atoms with Crippen molar-refractivity contribution in [2.75, 3.05) is 26.4 Å². The predicted octanol–water partition coefficient (Wildman–Crippen LogP) is 2.42.